The first-order chi connectivity index (χ1) is 9.84. The number of benzene rings is 2. The van der Waals surface area contributed by atoms with Gasteiger partial charge in [0.05, 0.1) is 6.04 Å². The standard InChI is InChI=1S/C15H15ClF3NO/c1-2-12(20)14(15(17,18)19)21-13-8-7-11(16)9-5-3-4-6-10(9)13/h3-8,12,14H,2,20H2,1H3. The van der Waals surface area contributed by atoms with E-state index in [4.69, 9.17) is 22.1 Å². The molecule has 0 aromatic heterocycles. The Kier molecular flexibility index (Phi) is 4.64. The van der Waals surface area contributed by atoms with E-state index in [1.54, 1.807) is 31.2 Å². The molecule has 0 aliphatic heterocycles. The van der Waals surface area contributed by atoms with Crippen molar-refractivity contribution < 1.29 is 17.9 Å². The van der Waals surface area contributed by atoms with Crippen LogP contribution >= 0.6 is 11.6 Å². The fourth-order valence-corrected chi connectivity index (χ4v) is 2.31. The van der Waals surface area contributed by atoms with Crippen LogP contribution in [0.5, 0.6) is 5.75 Å². The SMILES string of the molecule is CCC(N)C(Oc1ccc(Cl)c2ccccc12)C(F)(F)F. The van der Waals surface area contributed by atoms with Crippen LogP contribution in [0.15, 0.2) is 36.4 Å². The largest absolute Gasteiger partial charge is 0.479 e. The third kappa shape index (κ3) is 3.41. The summed E-state index contributed by atoms with van der Waals surface area (Å²) >= 11 is 6.04. The summed E-state index contributed by atoms with van der Waals surface area (Å²) in [5.41, 5.74) is 5.55. The first-order valence-electron chi connectivity index (χ1n) is 6.50. The maximum atomic E-state index is 13.1. The van der Waals surface area contributed by atoms with Crippen LogP contribution in [0.2, 0.25) is 5.02 Å². The molecule has 0 spiro atoms. The van der Waals surface area contributed by atoms with E-state index in [0.717, 1.165) is 0 Å². The highest BCUT2D eigenvalue weighted by Crippen LogP contribution is 2.35. The molecule has 0 fully saturated rings. The Labute approximate surface area is 125 Å². The van der Waals surface area contributed by atoms with Crippen LogP contribution in [-0.2, 0) is 0 Å². The summed E-state index contributed by atoms with van der Waals surface area (Å²) in [4.78, 5) is 0. The van der Waals surface area contributed by atoms with Crippen LogP contribution in [-0.4, -0.2) is 18.3 Å². The minimum atomic E-state index is -4.53. The van der Waals surface area contributed by atoms with Gasteiger partial charge in [0, 0.05) is 15.8 Å². The van der Waals surface area contributed by atoms with Gasteiger partial charge in [0.2, 0.25) is 6.10 Å². The van der Waals surface area contributed by atoms with Gasteiger partial charge in [-0.1, -0.05) is 42.8 Å². The first-order valence-corrected chi connectivity index (χ1v) is 6.88. The van der Waals surface area contributed by atoms with Crippen molar-refractivity contribution in [3.05, 3.63) is 41.4 Å². The Bertz CT molecular complexity index is 630. The molecule has 0 aliphatic carbocycles. The highest BCUT2D eigenvalue weighted by Gasteiger charge is 2.45. The highest BCUT2D eigenvalue weighted by atomic mass is 35.5. The van der Waals surface area contributed by atoms with Crippen molar-refractivity contribution in [1.29, 1.82) is 0 Å². The first kappa shape index (κ1) is 15.9. The molecule has 2 unspecified atom stereocenters. The lowest BCUT2D eigenvalue weighted by atomic mass is 10.1. The summed E-state index contributed by atoms with van der Waals surface area (Å²) in [6.07, 6.45) is -6.42. The van der Waals surface area contributed by atoms with E-state index in [-0.39, 0.29) is 12.2 Å². The van der Waals surface area contributed by atoms with E-state index in [9.17, 15) is 13.2 Å². The van der Waals surface area contributed by atoms with Crippen molar-refractivity contribution >= 4 is 22.4 Å². The van der Waals surface area contributed by atoms with Gasteiger partial charge in [0.1, 0.15) is 5.75 Å². The summed E-state index contributed by atoms with van der Waals surface area (Å²) < 4.78 is 44.5. The lowest BCUT2D eigenvalue weighted by Crippen LogP contribution is -2.48. The average Bonchev–Trinajstić information content (AvgIpc) is 2.45. The summed E-state index contributed by atoms with van der Waals surface area (Å²) in [5, 5.41) is 1.63. The second-order valence-electron chi connectivity index (χ2n) is 4.74. The van der Waals surface area contributed by atoms with Gasteiger partial charge in [-0.25, -0.2) is 0 Å². The van der Waals surface area contributed by atoms with Gasteiger partial charge in [-0.2, -0.15) is 13.2 Å². The molecule has 2 rings (SSSR count). The van der Waals surface area contributed by atoms with Gasteiger partial charge in [0.15, 0.2) is 0 Å². The molecule has 0 aliphatic rings. The topological polar surface area (TPSA) is 35.2 Å². The maximum absolute atomic E-state index is 13.1. The van der Waals surface area contributed by atoms with Crippen LogP contribution in [0.25, 0.3) is 10.8 Å². The highest BCUT2D eigenvalue weighted by molar-refractivity contribution is 6.35. The number of ether oxygens (including phenoxy) is 1. The van der Waals surface area contributed by atoms with E-state index in [0.29, 0.717) is 15.8 Å². The Morgan fingerprint density at radius 3 is 2.33 bits per heavy atom. The minimum Gasteiger partial charge on any atom is -0.479 e. The number of nitrogens with two attached hydrogens (primary N) is 1. The minimum absolute atomic E-state index is 0.126. The lowest BCUT2D eigenvalue weighted by molar-refractivity contribution is -0.200. The molecule has 6 heteroatoms. The third-order valence-electron chi connectivity index (χ3n) is 3.27. The van der Waals surface area contributed by atoms with E-state index in [2.05, 4.69) is 0 Å². The molecule has 114 valence electrons. The number of rotatable bonds is 4. The molecule has 2 aromatic carbocycles. The van der Waals surface area contributed by atoms with Gasteiger partial charge in [-0.3, -0.25) is 0 Å². The molecular weight excluding hydrogens is 303 g/mol. The zero-order valence-corrected chi connectivity index (χ0v) is 12.1. The average molecular weight is 318 g/mol. The number of halogens is 4. The van der Waals surface area contributed by atoms with Crippen LogP contribution in [0.3, 0.4) is 0 Å². The number of hydrogen-bond donors (Lipinski definition) is 1. The second-order valence-corrected chi connectivity index (χ2v) is 5.15. The van der Waals surface area contributed by atoms with Crippen molar-refractivity contribution in [2.24, 2.45) is 5.73 Å². The molecule has 21 heavy (non-hydrogen) atoms. The summed E-state index contributed by atoms with van der Waals surface area (Å²) in [6.45, 7) is 1.59. The molecule has 0 saturated carbocycles. The second kappa shape index (κ2) is 6.12. The Balaban J connectivity index is 2.44. The fraction of sp³-hybridized carbons (Fsp3) is 0.333. The van der Waals surface area contributed by atoms with Gasteiger partial charge < -0.3 is 10.5 Å². The quantitative estimate of drug-likeness (QED) is 0.898. The van der Waals surface area contributed by atoms with Gasteiger partial charge in [-0.05, 0) is 18.6 Å². The Morgan fingerprint density at radius 1 is 1.14 bits per heavy atom. The molecular formula is C15H15ClF3NO. The number of fused-ring (bicyclic) bond motifs is 1. The fourth-order valence-electron chi connectivity index (χ4n) is 2.09. The smallest absolute Gasteiger partial charge is 0.426 e. The normalized spacial score (nSPS) is 15.0. The lowest BCUT2D eigenvalue weighted by Gasteiger charge is -2.27. The molecule has 0 heterocycles. The van der Waals surface area contributed by atoms with Crippen LogP contribution < -0.4 is 10.5 Å². The molecule has 2 atom stereocenters. The van der Waals surface area contributed by atoms with Crippen molar-refractivity contribution in [2.75, 3.05) is 0 Å². The zero-order chi connectivity index (χ0) is 15.6. The van der Waals surface area contributed by atoms with Gasteiger partial charge in [-0.15, -0.1) is 0 Å². The van der Waals surface area contributed by atoms with Crippen molar-refractivity contribution in [2.45, 2.75) is 31.7 Å². The summed E-state index contributed by atoms with van der Waals surface area (Å²) in [7, 11) is 0. The van der Waals surface area contributed by atoms with Crippen LogP contribution in [0.1, 0.15) is 13.3 Å². The maximum Gasteiger partial charge on any atom is 0.426 e. The summed E-state index contributed by atoms with van der Waals surface area (Å²) in [5.74, 6) is 0.126. The Hall–Kier alpha value is -1.46. The monoisotopic (exact) mass is 317 g/mol. The number of hydrogen-bond acceptors (Lipinski definition) is 2. The molecule has 0 saturated heterocycles. The van der Waals surface area contributed by atoms with E-state index in [1.165, 1.54) is 12.1 Å². The van der Waals surface area contributed by atoms with E-state index < -0.39 is 18.3 Å². The molecule has 0 amide bonds. The molecule has 2 N–H and O–H groups in total. The number of alkyl halides is 3. The molecule has 2 aromatic rings. The van der Waals surface area contributed by atoms with Crippen molar-refractivity contribution in [3.63, 3.8) is 0 Å². The summed E-state index contributed by atoms with van der Waals surface area (Å²) in [6, 6.07) is 8.70. The predicted molar refractivity (Wildman–Crippen MR) is 77.7 cm³/mol. The van der Waals surface area contributed by atoms with E-state index >= 15 is 0 Å². The molecule has 2 nitrogen and oxygen atoms in total. The molecule has 0 radical (unpaired) electrons. The van der Waals surface area contributed by atoms with Crippen molar-refractivity contribution in [3.8, 4) is 5.75 Å². The molecule has 0 bridgehead atoms. The van der Waals surface area contributed by atoms with E-state index in [1.807, 2.05) is 0 Å². The van der Waals surface area contributed by atoms with Crippen LogP contribution in [0, 0.1) is 0 Å². The van der Waals surface area contributed by atoms with Gasteiger partial charge in [0.25, 0.3) is 0 Å². The zero-order valence-electron chi connectivity index (χ0n) is 11.3. The third-order valence-corrected chi connectivity index (χ3v) is 3.60. The Morgan fingerprint density at radius 2 is 1.76 bits per heavy atom. The van der Waals surface area contributed by atoms with Gasteiger partial charge >= 0.3 is 6.18 Å². The predicted octanol–water partition coefficient (Wildman–Crippen LogP) is 4.54. The van der Waals surface area contributed by atoms with Crippen LogP contribution in [0.4, 0.5) is 13.2 Å². The van der Waals surface area contributed by atoms with Crippen molar-refractivity contribution in [1.82, 2.24) is 0 Å².